The lowest BCUT2D eigenvalue weighted by molar-refractivity contribution is -0.184. The SMILES string of the molecule is Nc1ccn([C@H]2O[C@](COP3(=O)OCc4ccccc4O3)(C(F)F)[C@H](F)[C@@H]2O)c(=O)n1. The Kier molecular flexibility index (Phi) is 5.56. The molecule has 14 heteroatoms. The van der Waals surface area contributed by atoms with Crippen LogP contribution in [0.25, 0.3) is 0 Å². The summed E-state index contributed by atoms with van der Waals surface area (Å²) in [6.07, 6.45) is -9.28. The van der Waals surface area contributed by atoms with Crippen LogP contribution in [0.4, 0.5) is 19.0 Å². The highest BCUT2D eigenvalue weighted by atomic mass is 31.2. The molecule has 0 bridgehead atoms. The summed E-state index contributed by atoms with van der Waals surface area (Å²) < 4.78 is 76.3. The van der Waals surface area contributed by atoms with Crippen LogP contribution >= 0.6 is 7.82 Å². The van der Waals surface area contributed by atoms with Crippen LogP contribution < -0.4 is 15.9 Å². The van der Waals surface area contributed by atoms with Gasteiger partial charge in [0.05, 0.1) is 13.2 Å². The lowest BCUT2D eigenvalue weighted by Gasteiger charge is -2.32. The third kappa shape index (κ3) is 3.83. The van der Waals surface area contributed by atoms with Crippen LogP contribution in [-0.2, 0) is 25.0 Å². The molecule has 3 N–H and O–H groups in total. The van der Waals surface area contributed by atoms with E-state index in [0.717, 1.165) is 12.3 Å². The van der Waals surface area contributed by atoms with Gasteiger partial charge in [0.15, 0.2) is 18.0 Å². The molecule has 168 valence electrons. The van der Waals surface area contributed by atoms with Crippen molar-refractivity contribution in [1.29, 1.82) is 0 Å². The van der Waals surface area contributed by atoms with Crippen LogP contribution in [0.15, 0.2) is 41.3 Å². The smallest absolute Gasteiger partial charge is 0.404 e. The summed E-state index contributed by atoms with van der Waals surface area (Å²) in [7, 11) is -4.39. The van der Waals surface area contributed by atoms with Gasteiger partial charge in [0.25, 0.3) is 6.43 Å². The number of alkyl halides is 3. The summed E-state index contributed by atoms with van der Waals surface area (Å²) in [6, 6.07) is 7.52. The minimum Gasteiger partial charge on any atom is -0.404 e. The molecule has 3 heterocycles. The number of phosphoric ester groups is 1. The largest absolute Gasteiger partial charge is 0.530 e. The zero-order valence-electron chi connectivity index (χ0n) is 15.6. The van der Waals surface area contributed by atoms with Gasteiger partial charge >= 0.3 is 13.5 Å². The summed E-state index contributed by atoms with van der Waals surface area (Å²) >= 11 is 0. The number of aliphatic hydroxyl groups excluding tert-OH is 1. The molecule has 0 amide bonds. The average Bonchev–Trinajstić information content (AvgIpc) is 2.98. The van der Waals surface area contributed by atoms with Gasteiger partial charge in [-0.25, -0.2) is 22.5 Å². The number of nitrogens with zero attached hydrogens (tertiary/aromatic N) is 2. The van der Waals surface area contributed by atoms with Gasteiger partial charge in [0.2, 0.25) is 0 Å². The second kappa shape index (κ2) is 7.92. The molecule has 0 spiro atoms. The lowest BCUT2D eigenvalue weighted by Crippen LogP contribution is -2.50. The molecule has 1 unspecified atom stereocenters. The first kappa shape index (κ1) is 21.8. The van der Waals surface area contributed by atoms with E-state index in [2.05, 4.69) is 4.98 Å². The predicted octanol–water partition coefficient (Wildman–Crippen LogP) is 1.79. The molecule has 0 radical (unpaired) electrons. The number of nitrogen functional groups attached to an aromatic ring is 1. The standard InChI is InChI=1S/C17H17F3N3O7P/c18-13-12(24)14(23-6-5-11(21)22-16(23)25)29-17(13,15(19)20)8-28-31(26)27-7-9-3-1-2-4-10(9)30-31/h1-6,12-15,24H,7-8H2,(H2,21,22,25)/t12-,13+,14-,17-,31?/m0/s1. The second-order valence-electron chi connectivity index (χ2n) is 6.89. The molecule has 2 aliphatic heterocycles. The number of nitrogens with two attached hydrogens (primary N) is 1. The van der Waals surface area contributed by atoms with Crippen molar-refractivity contribution in [1.82, 2.24) is 9.55 Å². The molecular formula is C17H17F3N3O7P. The second-order valence-corrected chi connectivity index (χ2v) is 8.49. The number of phosphoric acid groups is 1. The number of anilines is 1. The highest BCUT2D eigenvalue weighted by Gasteiger charge is 2.63. The molecular weight excluding hydrogens is 446 g/mol. The third-order valence-electron chi connectivity index (χ3n) is 4.90. The highest BCUT2D eigenvalue weighted by molar-refractivity contribution is 7.49. The zero-order chi connectivity index (χ0) is 22.4. The number of hydrogen-bond acceptors (Lipinski definition) is 9. The fourth-order valence-corrected chi connectivity index (χ4v) is 4.49. The van der Waals surface area contributed by atoms with E-state index in [1.54, 1.807) is 18.2 Å². The van der Waals surface area contributed by atoms with Crippen molar-refractivity contribution in [3.8, 4) is 5.75 Å². The Morgan fingerprint density at radius 3 is 2.84 bits per heavy atom. The molecule has 4 rings (SSSR count). The maximum atomic E-state index is 14.9. The Morgan fingerprint density at radius 2 is 2.13 bits per heavy atom. The van der Waals surface area contributed by atoms with Gasteiger partial charge in [-0.3, -0.25) is 13.6 Å². The average molecular weight is 463 g/mol. The van der Waals surface area contributed by atoms with Crippen molar-refractivity contribution in [3.63, 3.8) is 0 Å². The van der Waals surface area contributed by atoms with Crippen LogP contribution in [0.2, 0.25) is 0 Å². The van der Waals surface area contributed by atoms with Crippen molar-refractivity contribution in [2.45, 2.75) is 37.1 Å². The maximum Gasteiger partial charge on any atom is 0.530 e. The predicted molar refractivity (Wildman–Crippen MR) is 98.1 cm³/mol. The van der Waals surface area contributed by atoms with Gasteiger partial charge in [-0.1, -0.05) is 18.2 Å². The van der Waals surface area contributed by atoms with Crippen LogP contribution in [0.1, 0.15) is 11.8 Å². The molecule has 5 atom stereocenters. The Labute approximate surface area is 172 Å². The summed E-state index contributed by atoms with van der Waals surface area (Å²) in [5.74, 6) is -0.0105. The van der Waals surface area contributed by atoms with Gasteiger partial charge in [-0.05, 0) is 12.1 Å². The van der Waals surface area contributed by atoms with Crippen molar-refractivity contribution in [2.24, 2.45) is 0 Å². The topological polar surface area (TPSA) is 135 Å². The highest BCUT2D eigenvalue weighted by Crippen LogP contribution is 2.56. The van der Waals surface area contributed by atoms with E-state index in [0.29, 0.717) is 10.1 Å². The number of ether oxygens (including phenoxy) is 1. The van der Waals surface area contributed by atoms with Crippen molar-refractivity contribution in [3.05, 3.63) is 52.6 Å². The van der Waals surface area contributed by atoms with Crippen molar-refractivity contribution < 1.29 is 41.2 Å². The maximum absolute atomic E-state index is 14.9. The molecule has 0 saturated carbocycles. The first-order chi connectivity index (χ1) is 14.7. The Hall–Kier alpha value is -2.44. The monoisotopic (exact) mass is 463 g/mol. The number of hydrogen-bond donors (Lipinski definition) is 2. The number of benzene rings is 1. The fourth-order valence-electron chi connectivity index (χ4n) is 3.23. The molecule has 1 aromatic carbocycles. The van der Waals surface area contributed by atoms with E-state index in [4.69, 9.17) is 24.0 Å². The Morgan fingerprint density at radius 1 is 1.39 bits per heavy atom. The summed E-state index contributed by atoms with van der Waals surface area (Å²) in [4.78, 5) is 15.4. The minimum absolute atomic E-state index is 0.157. The van der Waals surface area contributed by atoms with Crippen LogP contribution in [0.3, 0.4) is 0 Å². The van der Waals surface area contributed by atoms with Crippen molar-refractivity contribution >= 4 is 13.6 Å². The Balaban J connectivity index is 1.58. The molecule has 1 saturated heterocycles. The van der Waals surface area contributed by atoms with Crippen LogP contribution in [-0.4, -0.2) is 45.6 Å². The van der Waals surface area contributed by atoms with Gasteiger partial charge in [-0.15, -0.1) is 0 Å². The molecule has 2 aromatic rings. The van der Waals surface area contributed by atoms with Gasteiger partial charge < -0.3 is 20.1 Å². The number of halogens is 3. The lowest BCUT2D eigenvalue weighted by atomic mass is 9.98. The summed E-state index contributed by atoms with van der Waals surface area (Å²) in [5, 5.41) is 10.2. The van der Waals surface area contributed by atoms with E-state index in [-0.39, 0.29) is 18.2 Å². The first-order valence-corrected chi connectivity index (χ1v) is 10.4. The minimum atomic E-state index is -4.39. The molecule has 0 aliphatic carbocycles. The van der Waals surface area contributed by atoms with Gasteiger partial charge in [0, 0.05) is 11.8 Å². The molecule has 31 heavy (non-hydrogen) atoms. The van der Waals surface area contributed by atoms with E-state index >= 15 is 0 Å². The zero-order valence-corrected chi connectivity index (χ0v) is 16.5. The molecule has 10 nitrogen and oxygen atoms in total. The first-order valence-electron chi connectivity index (χ1n) is 8.94. The van der Waals surface area contributed by atoms with Gasteiger partial charge in [-0.2, -0.15) is 4.98 Å². The van der Waals surface area contributed by atoms with Gasteiger partial charge in [0.1, 0.15) is 17.7 Å². The van der Waals surface area contributed by atoms with E-state index in [1.165, 1.54) is 6.07 Å². The molecule has 1 aromatic heterocycles. The van der Waals surface area contributed by atoms with Crippen molar-refractivity contribution in [2.75, 3.05) is 12.3 Å². The number of aromatic nitrogens is 2. The van der Waals surface area contributed by atoms with Crippen LogP contribution in [0.5, 0.6) is 5.75 Å². The third-order valence-corrected chi connectivity index (χ3v) is 6.21. The summed E-state index contributed by atoms with van der Waals surface area (Å²) in [5.41, 5.74) is 1.80. The number of fused-ring (bicyclic) bond motifs is 1. The number of aliphatic hydroxyl groups is 1. The van der Waals surface area contributed by atoms with E-state index in [1.807, 2.05) is 0 Å². The Bertz CT molecular complexity index is 1090. The van der Waals surface area contributed by atoms with E-state index in [9.17, 15) is 27.6 Å². The normalized spacial score (nSPS) is 32.6. The quantitative estimate of drug-likeness (QED) is 0.637. The van der Waals surface area contributed by atoms with Crippen LogP contribution in [0, 0.1) is 0 Å². The summed E-state index contributed by atoms with van der Waals surface area (Å²) in [6.45, 7) is -1.48. The fraction of sp³-hybridized carbons (Fsp3) is 0.412. The number of rotatable bonds is 5. The van der Waals surface area contributed by atoms with E-state index < -0.39 is 50.6 Å². The number of para-hydroxylation sites is 1. The molecule has 2 aliphatic rings. The molecule has 1 fully saturated rings.